The molecule has 6 heterocycles. The van der Waals surface area contributed by atoms with E-state index < -0.39 is 10.8 Å². The molecule has 7 nitrogen and oxygen atoms in total. The predicted octanol–water partition coefficient (Wildman–Crippen LogP) is 15.6. The van der Waals surface area contributed by atoms with Crippen LogP contribution in [-0.4, -0.2) is 27.9 Å². The maximum absolute atomic E-state index is 5.37. The number of benzene rings is 11. The Morgan fingerprint density at radius 2 is 0.628 bits per heavy atom. The third-order valence-electron chi connectivity index (χ3n) is 16.7. The molecule has 0 bridgehead atoms. The first-order chi connectivity index (χ1) is 38.2. The molecule has 0 fully saturated rings. The van der Waals surface area contributed by atoms with E-state index in [4.69, 9.17) is 9.97 Å². The molecule has 0 amide bonds. The van der Waals surface area contributed by atoms with Gasteiger partial charge >= 0.3 is 21.1 Å². The Bertz CT molecular complexity index is 4500. The first kappa shape index (κ1) is 44.7. The SMILES string of the molecule is [Pt+2].[c-]1c(-n2c3ccccc3n3c4ccccc4nc23)ccc2c1N1c3[c-]c(-n4c5ccccc5n5c6ccccc6nc45)ccc3C(c3ccccc3)(c3ccccc3)c3cccc(c31)C2(c1ccccc1)c1ccccc1. The van der Waals surface area contributed by atoms with Gasteiger partial charge in [-0.2, -0.15) is 12.1 Å². The average molecular weight is 1180 g/mol. The molecule has 78 heavy (non-hydrogen) atoms. The number of imidazole rings is 4. The van der Waals surface area contributed by atoms with Gasteiger partial charge in [0.2, 0.25) is 11.6 Å². The zero-order valence-electron chi connectivity index (χ0n) is 41.8. The first-order valence-electron chi connectivity index (χ1n) is 26.3. The van der Waals surface area contributed by atoms with Crippen LogP contribution in [0.15, 0.2) is 261 Å². The number of rotatable bonds is 6. The van der Waals surface area contributed by atoms with Gasteiger partial charge in [0.1, 0.15) is 0 Å². The molecule has 2 aliphatic heterocycles. The second kappa shape index (κ2) is 16.7. The van der Waals surface area contributed by atoms with Gasteiger partial charge in [-0.3, -0.25) is 8.80 Å². The molecule has 4 aromatic heterocycles. The number of hydrogen-bond donors (Lipinski definition) is 0. The number of nitrogens with zero attached hydrogens (tertiary/aromatic N) is 7. The van der Waals surface area contributed by atoms with Crippen LogP contribution in [-0.2, 0) is 31.9 Å². The maximum atomic E-state index is 5.37. The second-order valence-electron chi connectivity index (χ2n) is 20.3. The van der Waals surface area contributed by atoms with E-state index >= 15 is 0 Å². The zero-order valence-corrected chi connectivity index (χ0v) is 44.0. The summed E-state index contributed by atoms with van der Waals surface area (Å²) in [4.78, 5) is 13.2. The molecule has 8 heteroatoms. The van der Waals surface area contributed by atoms with Gasteiger partial charge in [0.05, 0.1) is 44.1 Å². The fourth-order valence-corrected chi connectivity index (χ4v) is 13.7. The third-order valence-corrected chi connectivity index (χ3v) is 16.7. The minimum Gasteiger partial charge on any atom is -0.357 e. The van der Waals surface area contributed by atoms with Crippen LogP contribution in [0, 0.1) is 12.1 Å². The second-order valence-corrected chi connectivity index (χ2v) is 20.3. The molecular formula is C70H43N7Pt. The van der Waals surface area contributed by atoms with E-state index in [1.165, 1.54) is 11.1 Å². The Hall–Kier alpha value is -9.55. The van der Waals surface area contributed by atoms with Crippen molar-refractivity contribution >= 4 is 72.8 Å². The molecule has 11 aromatic carbocycles. The largest absolute Gasteiger partial charge is 2.00 e. The van der Waals surface area contributed by atoms with Crippen molar-refractivity contribution in [2.75, 3.05) is 4.90 Å². The Morgan fingerprint density at radius 3 is 1.01 bits per heavy atom. The van der Waals surface area contributed by atoms with Crippen LogP contribution >= 0.6 is 0 Å². The third kappa shape index (κ3) is 5.75. The Morgan fingerprint density at radius 1 is 0.295 bits per heavy atom. The zero-order chi connectivity index (χ0) is 50.4. The molecule has 0 N–H and O–H groups in total. The topological polar surface area (TPSA) is 47.7 Å². The normalized spacial score (nSPS) is 14.0. The van der Waals surface area contributed by atoms with Crippen molar-refractivity contribution in [3.05, 3.63) is 317 Å². The summed E-state index contributed by atoms with van der Waals surface area (Å²) in [5.74, 6) is 1.65. The van der Waals surface area contributed by atoms with Crippen molar-refractivity contribution in [2.45, 2.75) is 10.8 Å². The molecule has 17 rings (SSSR count). The summed E-state index contributed by atoms with van der Waals surface area (Å²) in [5, 5.41) is 0. The molecule has 368 valence electrons. The van der Waals surface area contributed by atoms with E-state index in [9.17, 15) is 0 Å². The quantitative estimate of drug-likeness (QED) is 0.156. The maximum Gasteiger partial charge on any atom is 2.00 e. The van der Waals surface area contributed by atoms with Crippen LogP contribution in [0.2, 0.25) is 0 Å². The van der Waals surface area contributed by atoms with E-state index in [0.29, 0.717) is 0 Å². The molecule has 0 unspecified atom stereocenters. The summed E-state index contributed by atoms with van der Waals surface area (Å²) in [5.41, 5.74) is 20.5. The number of fused-ring (bicyclic) bond motifs is 14. The number of hydrogen-bond acceptors (Lipinski definition) is 3. The Balaban J connectivity index is 0.00000509. The van der Waals surface area contributed by atoms with Crippen LogP contribution in [0.3, 0.4) is 0 Å². The molecule has 0 atom stereocenters. The predicted molar refractivity (Wildman–Crippen MR) is 309 cm³/mol. The van der Waals surface area contributed by atoms with Gasteiger partial charge in [0.25, 0.3) is 0 Å². The Kier molecular flexibility index (Phi) is 9.59. The minimum atomic E-state index is -0.808. The molecule has 0 radical (unpaired) electrons. The van der Waals surface area contributed by atoms with Crippen LogP contribution in [0.25, 0.3) is 67.1 Å². The molecule has 0 spiro atoms. The van der Waals surface area contributed by atoms with Crippen molar-refractivity contribution in [2.24, 2.45) is 0 Å². The fourth-order valence-electron chi connectivity index (χ4n) is 13.7. The van der Waals surface area contributed by atoms with Gasteiger partial charge in [0.15, 0.2) is 0 Å². The molecule has 0 saturated heterocycles. The first-order valence-corrected chi connectivity index (χ1v) is 26.3. The van der Waals surface area contributed by atoms with Crippen LogP contribution in [0.5, 0.6) is 0 Å². The summed E-state index contributed by atoms with van der Waals surface area (Å²) < 4.78 is 9.15. The van der Waals surface area contributed by atoms with Crippen LogP contribution in [0.1, 0.15) is 44.5 Å². The minimum absolute atomic E-state index is 0. The fraction of sp³-hybridized carbons (Fsp3) is 0.0286. The van der Waals surface area contributed by atoms with E-state index in [-0.39, 0.29) is 21.1 Å². The van der Waals surface area contributed by atoms with Crippen molar-refractivity contribution in [3.63, 3.8) is 0 Å². The van der Waals surface area contributed by atoms with Crippen LogP contribution in [0.4, 0.5) is 17.1 Å². The van der Waals surface area contributed by atoms with E-state index in [0.717, 1.165) is 118 Å². The summed E-state index contributed by atoms with van der Waals surface area (Å²) in [6.07, 6.45) is 0. The summed E-state index contributed by atoms with van der Waals surface area (Å²) in [7, 11) is 0. The average Bonchev–Trinajstić information content (AvgIpc) is 4.33. The summed E-state index contributed by atoms with van der Waals surface area (Å²) >= 11 is 0. The monoisotopic (exact) mass is 1180 g/mol. The van der Waals surface area contributed by atoms with Crippen molar-refractivity contribution in [3.8, 4) is 11.4 Å². The van der Waals surface area contributed by atoms with Gasteiger partial charge in [0, 0.05) is 16.5 Å². The smallest absolute Gasteiger partial charge is 0.357 e. The number of anilines is 3. The summed E-state index contributed by atoms with van der Waals surface area (Å²) in [6.45, 7) is 0. The van der Waals surface area contributed by atoms with Gasteiger partial charge in [-0.25, -0.2) is 9.97 Å². The molecular weight excluding hydrogens is 1130 g/mol. The molecule has 0 saturated carbocycles. The summed E-state index contributed by atoms with van der Waals surface area (Å²) in [6, 6.07) is 103. The van der Waals surface area contributed by atoms with E-state index in [2.05, 4.69) is 296 Å². The van der Waals surface area contributed by atoms with Crippen molar-refractivity contribution in [1.82, 2.24) is 27.9 Å². The number of aromatic nitrogens is 6. The van der Waals surface area contributed by atoms with Crippen molar-refractivity contribution in [1.29, 1.82) is 0 Å². The van der Waals surface area contributed by atoms with E-state index in [1.807, 2.05) is 0 Å². The van der Waals surface area contributed by atoms with E-state index in [1.54, 1.807) is 0 Å². The van der Waals surface area contributed by atoms with Crippen molar-refractivity contribution < 1.29 is 21.1 Å². The number of para-hydroxylation sites is 9. The van der Waals surface area contributed by atoms with Gasteiger partial charge in [-0.05, 0) is 81.9 Å². The van der Waals surface area contributed by atoms with Gasteiger partial charge in [-0.1, -0.05) is 211 Å². The Labute approximate surface area is 463 Å². The molecule has 0 aliphatic carbocycles. The van der Waals surface area contributed by atoms with Crippen LogP contribution < -0.4 is 4.90 Å². The van der Waals surface area contributed by atoms with Gasteiger partial charge < -0.3 is 14.0 Å². The van der Waals surface area contributed by atoms with Gasteiger partial charge in [-0.15, -0.1) is 35.4 Å². The standard InChI is InChI=1S/C70H43N7.Pt/c1-5-22-46(23-6-1)69(47-24-7-2-8-25-47)52-42-40-50(73-60-36-17-19-38-62(60)76-58-34-15-13-32-56(58)71-67(73)76)44-64(52)75-65-45-51(74-61-37-18-20-39-63(61)77-59-35-16-14-33-57(59)72-68(74)77)41-43-53(65)70(48-26-9-3-10-27-48,49-28-11-4-12-29-49)55-31-21-30-54(69)66(55)75;/h1-43H;/q-2;+2. The molecule has 15 aromatic rings. The molecule has 2 aliphatic rings.